The van der Waals surface area contributed by atoms with E-state index in [9.17, 15) is 0 Å². The second kappa shape index (κ2) is 4.97. The lowest BCUT2D eigenvalue weighted by Gasteiger charge is -2.36. The average molecular weight is 223 g/mol. The van der Waals surface area contributed by atoms with Gasteiger partial charge in [-0.25, -0.2) is 0 Å². The van der Waals surface area contributed by atoms with Crippen LogP contribution < -0.4 is 5.73 Å². The van der Waals surface area contributed by atoms with Crippen molar-refractivity contribution in [3.8, 4) is 0 Å². The quantitative estimate of drug-likeness (QED) is 0.825. The fourth-order valence-electron chi connectivity index (χ4n) is 2.37. The first-order chi connectivity index (χ1) is 7.69. The standard InChI is InChI=1S/C12H21N3O/c1-3-16-11-4-9(5-11)6-12(13)10-7-14-15(2)8-10/h7-9,11-12H,3-6,13H2,1-2H3. The molecule has 1 aromatic heterocycles. The Labute approximate surface area is 96.8 Å². The van der Waals surface area contributed by atoms with E-state index < -0.39 is 0 Å². The van der Waals surface area contributed by atoms with Crippen molar-refractivity contribution >= 4 is 0 Å². The second-order valence-corrected chi connectivity index (χ2v) is 4.70. The molecule has 1 fully saturated rings. The molecule has 16 heavy (non-hydrogen) atoms. The summed E-state index contributed by atoms with van der Waals surface area (Å²) in [4.78, 5) is 0. The highest BCUT2D eigenvalue weighted by atomic mass is 16.5. The molecule has 0 aromatic carbocycles. The molecular weight excluding hydrogens is 202 g/mol. The molecule has 4 heteroatoms. The van der Waals surface area contributed by atoms with Gasteiger partial charge in [-0.3, -0.25) is 4.68 Å². The molecule has 2 N–H and O–H groups in total. The fourth-order valence-corrected chi connectivity index (χ4v) is 2.37. The van der Waals surface area contributed by atoms with E-state index in [1.807, 2.05) is 19.4 Å². The van der Waals surface area contributed by atoms with Gasteiger partial charge < -0.3 is 10.5 Å². The zero-order valence-electron chi connectivity index (χ0n) is 10.1. The molecular formula is C12H21N3O. The molecule has 4 nitrogen and oxygen atoms in total. The summed E-state index contributed by atoms with van der Waals surface area (Å²) in [7, 11) is 1.92. The topological polar surface area (TPSA) is 53.1 Å². The number of hydrogen-bond donors (Lipinski definition) is 1. The van der Waals surface area contributed by atoms with E-state index in [1.165, 1.54) is 12.8 Å². The molecule has 0 saturated heterocycles. The van der Waals surface area contributed by atoms with Gasteiger partial charge in [0.1, 0.15) is 0 Å². The van der Waals surface area contributed by atoms with Crippen molar-refractivity contribution in [1.29, 1.82) is 0 Å². The smallest absolute Gasteiger partial charge is 0.0580 e. The summed E-state index contributed by atoms with van der Waals surface area (Å²) in [6, 6.07) is 0.126. The highest BCUT2D eigenvalue weighted by Gasteiger charge is 2.31. The van der Waals surface area contributed by atoms with Gasteiger partial charge in [-0.2, -0.15) is 5.10 Å². The molecule has 1 heterocycles. The van der Waals surface area contributed by atoms with E-state index in [2.05, 4.69) is 12.0 Å². The van der Waals surface area contributed by atoms with Crippen molar-refractivity contribution in [2.45, 2.75) is 38.3 Å². The molecule has 1 aromatic rings. The Morgan fingerprint density at radius 3 is 2.94 bits per heavy atom. The predicted molar refractivity (Wildman–Crippen MR) is 62.9 cm³/mol. The minimum Gasteiger partial charge on any atom is -0.378 e. The Morgan fingerprint density at radius 1 is 1.62 bits per heavy atom. The van der Waals surface area contributed by atoms with Gasteiger partial charge in [0.05, 0.1) is 12.3 Å². The third kappa shape index (κ3) is 2.62. The van der Waals surface area contributed by atoms with Crippen LogP contribution in [0, 0.1) is 5.92 Å². The summed E-state index contributed by atoms with van der Waals surface area (Å²) in [5, 5.41) is 4.15. The Hall–Kier alpha value is -0.870. The van der Waals surface area contributed by atoms with Gasteiger partial charge >= 0.3 is 0 Å². The third-order valence-electron chi connectivity index (χ3n) is 3.34. The number of ether oxygens (including phenoxy) is 1. The van der Waals surface area contributed by atoms with Crippen molar-refractivity contribution in [1.82, 2.24) is 9.78 Å². The summed E-state index contributed by atoms with van der Waals surface area (Å²) < 4.78 is 7.35. The number of nitrogens with two attached hydrogens (primary N) is 1. The lowest BCUT2D eigenvalue weighted by atomic mass is 9.77. The number of aromatic nitrogens is 2. The zero-order chi connectivity index (χ0) is 11.5. The third-order valence-corrected chi connectivity index (χ3v) is 3.34. The maximum absolute atomic E-state index is 6.14. The summed E-state index contributed by atoms with van der Waals surface area (Å²) >= 11 is 0. The van der Waals surface area contributed by atoms with Gasteiger partial charge in [-0.1, -0.05) is 0 Å². The highest BCUT2D eigenvalue weighted by Crippen LogP contribution is 2.35. The summed E-state index contributed by atoms with van der Waals surface area (Å²) in [6.45, 7) is 2.88. The Kier molecular flexibility index (Phi) is 3.61. The molecule has 2 rings (SSSR count). The molecule has 1 unspecified atom stereocenters. The second-order valence-electron chi connectivity index (χ2n) is 4.70. The lowest BCUT2D eigenvalue weighted by Crippen LogP contribution is -2.33. The van der Waals surface area contributed by atoms with Crippen molar-refractivity contribution < 1.29 is 4.74 Å². The van der Waals surface area contributed by atoms with E-state index in [4.69, 9.17) is 10.5 Å². The zero-order valence-corrected chi connectivity index (χ0v) is 10.1. The monoisotopic (exact) mass is 223 g/mol. The maximum atomic E-state index is 6.14. The number of nitrogens with zero attached hydrogens (tertiary/aromatic N) is 2. The van der Waals surface area contributed by atoms with Crippen LogP contribution in [0.4, 0.5) is 0 Å². The average Bonchev–Trinajstić information content (AvgIpc) is 2.61. The molecule has 1 saturated carbocycles. The molecule has 90 valence electrons. The minimum absolute atomic E-state index is 0.126. The molecule has 0 spiro atoms. The number of aryl methyl sites for hydroxylation is 1. The number of rotatable bonds is 5. The normalized spacial score (nSPS) is 26.4. The van der Waals surface area contributed by atoms with E-state index >= 15 is 0 Å². The molecule has 1 aliphatic carbocycles. The van der Waals surface area contributed by atoms with Crippen molar-refractivity contribution in [3.05, 3.63) is 18.0 Å². The van der Waals surface area contributed by atoms with Gasteiger partial charge in [0.15, 0.2) is 0 Å². The fraction of sp³-hybridized carbons (Fsp3) is 0.750. The van der Waals surface area contributed by atoms with Gasteiger partial charge in [0.25, 0.3) is 0 Å². The molecule has 1 atom stereocenters. The summed E-state index contributed by atoms with van der Waals surface area (Å²) in [6.07, 6.45) is 7.74. The Morgan fingerprint density at radius 2 is 2.38 bits per heavy atom. The lowest BCUT2D eigenvalue weighted by molar-refractivity contribution is -0.0282. The Balaban J connectivity index is 1.75. The van der Waals surface area contributed by atoms with E-state index in [-0.39, 0.29) is 6.04 Å². The van der Waals surface area contributed by atoms with Crippen LogP contribution >= 0.6 is 0 Å². The molecule has 0 radical (unpaired) electrons. The van der Waals surface area contributed by atoms with Crippen LogP contribution in [-0.4, -0.2) is 22.5 Å². The summed E-state index contributed by atoms with van der Waals surface area (Å²) in [5.41, 5.74) is 7.29. The number of hydrogen-bond acceptors (Lipinski definition) is 3. The van der Waals surface area contributed by atoms with Crippen molar-refractivity contribution in [2.24, 2.45) is 18.7 Å². The molecule has 0 aliphatic heterocycles. The Bertz CT molecular complexity index is 331. The van der Waals surface area contributed by atoms with Crippen molar-refractivity contribution in [3.63, 3.8) is 0 Å². The van der Waals surface area contributed by atoms with Gasteiger partial charge in [-0.05, 0) is 32.1 Å². The van der Waals surface area contributed by atoms with Crippen LogP contribution in [0.25, 0.3) is 0 Å². The van der Waals surface area contributed by atoms with Crippen LogP contribution in [0.3, 0.4) is 0 Å². The van der Waals surface area contributed by atoms with Crippen LogP contribution in [0.5, 0.6) is 0 Å². The largest absolute Gasteiger partial charge is 0.378 e. The van der Waals surface area contributed by atoms with Crippen LogP contribution in [0.15, 0.2) is 12.4 Å². The summed E-state index contributed by atoms with van der Waals surface area (Å²) in [5.74, 6) is 0.728. The van der Waals surface area contributed by atoms with Gasteiger partial charge in [0.2, 0.25) is 0 Å². The van der Waals surface area contributed by atoms with Crippen LogP contribution in [0.2, 0.25) is 0 Å². The molecule has 1 aliphatic rings. The molecule has 0 amide bonds. The van der Waals surface area contributed by atoms with Gasteiger partial charge in [-0.15, -0.1) is 0 Å². The minimum atomic E-state index is 0.126. The van der Waals surface area contributed by atoms with E-state index in [1.54, 1.807) is 4.68 Å². The highest BCUT2D eigenvalue weighted by molar-refractivity contribution is 5.09. The first-order valence-corrected chi connectivity index (χ1v) is 6.04. The van der Waals surface area contributed by atoms with E-state index in [0.717, 1.165) is 24.5 Å². The van der Waals surface area contributed by atoms with Crippen LogP contribution in [0.1, 0.15) is 37.8 Å². The predicted octanol–water partition coefficient (Wildman–Crippen LogP) is 1.63. The van der Waals surface area contributed by atoms with E-state index in [0.29, 0.717) is 6.10 Å². The van der Waals surface area contributed by atoms with Crippen LogP contribution in [-0.2, 0) is 11.8 Å². The first kappa shape index (κ1) is 11.6. The maximum Gasteiger partial charge on any atom is 0.0580 e. The van der Waals surface area contributed by atoms with Crippen molar-refractivity contribution in [2.75, 3.05) is 6.61 Å². The first-order valence-electron chi connectivity index (χ1n) is 6.04. The molecule has 0 bridgehead atoms. The van der Waals surface area contributed by atoms with Gasteiger partial charge in [0, 0.05) is 31.5 Å². The SMILES string of the molecule is CCOC1CC(CC(N)c2cnn(C)c2)C1.